The third-order valence-electron chi connectivity index (χ3n) is 2.75. The molecule has 0 unspecified atom stereocenters. The molecular formula is C13H12ClNO2. The van der Waals surface area contributed by atoms with Gasteiger partial charge in [-0.25, -0.2) is 0 Å². The first kappa shape index (κ1) is 11.7. The minimum absolute atomic E-state index is 0.0331. The average molecular weight is 250 g/mol. The Labute approximate surface area is 104 Å². The number of aromatic hydroxyl groups is 1. The average Bonchev–Trinajstić information content (AvgIpc) is 2.29. The van der Waals surface area contributed by atoms with Crippen LogP contribution in [0.1, 0.15) is 6.92 Å². The van der Waals surface area contributed by atoms with Crippen molar-refractivity contribution in [2.45, 2.75) is 6.92 Å². The minimum atomic E-state index is -0.0331. The molecule has 1 amide bonds. The molecule has 0 bridgehead atoms. The largest absolute Gasteiger partial charge is 0.506 e. The normalized spacial score (nSPS) is 10.5. The molecule has 0 spiro atoms. The third-order valence-corrected chi connectivity index (χ3v) is 3.05. The summed E-state index contributed by atoms with van der Waals surface area (Å²) < 4.78 is 0. The lowest BCUT2D eigenvalue weighted by atomic mass is 10.1. The van der Waals surface area contributed by atoms with E-state index in [0.717, 1.165) is 16.5 Å². The summed E-state index contributed by atoms with van der Waals surface area (Å²) in [5, 5.41) is 11.6. The van der Waals surface area contributed by atoms with Gasteiger partial charge in [0.2, 0.25) is 5.91 Å². The Balaban J connectivity index is 2.57. The van der Waals surface area contributed by atoms with E-state index in [1.807, 2.05) is 18.2 Å². The van der Waals surface area contributed by atoms with Crippen molar-refractivity contribution in [1.82, 2.24) is 0 Å². The van der Waals surface area contributed by atoms with Gasteiger partial charge in [0.25, 0.3) is 0 Å². The topological polar surface area (TPSA) is 40.5 Å². The van der Waals surface area contributed by atoms with Gasteiger partial charge in [0.15, 0.2) is 0 Å². The molecule has 88 valence electrons. The van der Waals surface area contributed by atoms with E-state index in [9.17, 15) is 9.90 Å². The fraction of sp³-hybridized carbons (Fsp3) is 0.154. The van der Waals surface area contributed by atoms with E-state index in [4.69, 9.17) is 11.6 Å². The lowest BCUT2D eigenvalue weighted by Crippen LogP contribution is -2.22. The van der Waals surface area contributed by atoms with E-state index in [1.165, 1.54) is 6.92 Å². The number of hydrogen-bond donors (Lipinski definition) is 1. The number of amides is 1. The van der Waals surface area contributed by atoms with Crippen molar-refractivity contribution in [1.29, 1.82) is 0 Å². The maximum atomic E-state index is 11.3. The monoisotopic (exact) mass is 249 g/mol. The van der Waals surface area contributed by atoms with Crippen molar-refractivity contribution in [2.75, 3.05) is 11.9 Å². The molecule has 2 rings (SSSR count). The van der Waals surface area contributed by atoms with Gasteiger partial charge < -0.3 is 10.0 Å². The van der Waals surface area contributed by atoms with E-state index in [0.29, 0.717) is 5.02 Å². The summed E-state index contributed by atoms with van der Waals surface area (Å²) in [7, 11) is 1.71. The number of halogens is 1. The van der Waals surface area contributed by atoms with Crippen LogP contribution < -0.4 is 4.90 Å². The Morgan fingerprint density at radius 3 is 2.59 bits per heavy atom. The molecule has 0 saturated carbocycles. The number of hydrogen-bond acceptors (Lipinski definition) is 2. The van der Waals surface area contributed by atoms with Crippen LogP contribution in [0.25, 0.3) is 10.8 Å². The summed E-state index contributed by atoms with van der Waals surface area (Å²) in [5.74, 6) is 0.0288. The molecule has 3 nitrogen and oxygen atoms in total. The molecule has 0 aliphatic heterocycles. The van der Waals surface area contributed by atoms with E-state index >= 15 is 0 Å². The molecule has 17 heavy (non-hydrogen) atoms. The van der Waals surface area contributed by atoms with Gasteiger partial charge in [-0.15, -0.1) is 0 Å². The Morgan fingerprint density at radius 2 is 1.94 bits per heavy atom. The zero-order chi connectivity index (χ0) is 12.6. The van der Waals surface area contributed by atoms with E-state index in [1.54, 1.807) is 24.1 Å². The summed E-state index contributed by atoms with van der Waals surface area (Å²) in [6.07, 6.45) is 0. The molecule has 1 N–H and O–H groups in total. The number of anilines is 1. The predicted octanol–water partition coefficient (Wildman–Crippen LogP) is 3.18. The van der Waals surface area contributed by atoms with Crippen LogP contribution in [0, 0.1) is 0 Å². The number of rotatable bonds is 1. The second-order valence-electron chi connectivity index (χ2n) is 3.91. The van der Waals surface area contributed by atoms with Gasteiger partial charge in [0.1, 0.15) is 5.75 Å². The van der Waals surface area contributed by atoms with Crippen LogP contribution in [-0.2, 0) is 4.79 Å². The van der Waals surface area contributed by atoms with E-state index in [-0.39, 0.29) is 11.7 Å². The molecule has 0 aliphatic carbocycles. The zero-order valence-corrected chi connectivity index (χ0v) is 10.3. The van der Waals surface area contributed by atoms with Gasteiger partial charge >= 0.3 is 0 Å². The number of carbonyl (C=O) groups excluding carboxylic acids is 1. The molecule has 0 aromatic heterocycles. The quantitative estimate of drug-likeness (QED) is 0.843. The Hall–Kier alpha value is -1.74. The van der Waals surface area contributed by atoms with Crippen LogP contribution in [0.15, 0.2) is 30.3 Å². The SMILES string of the molecule is CC(=O)N(C)c1ccc2cc(O)c(Cl)cc2c1. The number of phenols is 1. The lowest BCUT2D eigenvalue weighted by Gasteiger charge is -2.15. The van der Waals surface area contributed by atoms with Crippen molar-refractivity contribution in [3.8, 4) is 5.75 Å². The first-order valence-corrected chi connectivity index (χ1v) is 5.53. The maximum Gasteiger partial charge on any atom is 0.223 e. The third kappa shape index (κ3) is 2.19. The molecule has 0 aliphatic rings. The Bertz CT molecular complexity index is 595. The molecule has 4 heteroatoms. The highest BCUT2D eigenvalue weighted by molar-refractivity contribution is 6.32. The first-order chi connectivity index (χ1) is 7.99. The Morgan fingerprint density at radius 1 is 1.24 bits per heavy atom. The van der Waals surface area contributed by atoms with Crippen LogP contribution in [0.2, 0.25) is 5.02 Å². The summed E-state index contributed by atoms with van der Waals surface area (Å²) >= 11 is 5.85. The Kier molecular flexibility index (Phi) is 2.94. The molecule has 0 heterocycles. The zero-order valence-electron chi connectivity index (χ0n) is 9.57. The molecular weight excluding hydrogens is 238 g/mol. The van der Waals surface area contributed by atoms with Crippen molar-refractivity contribution < 1.29 is 9.90 Å². The predicted molar refractivity (Wildman–Crippen MR) is 69.7 cm³/mol. The molecule has 0 saturated heterocycles. The fourth-order valence-electron chi connectivity index (χ4n) is 1.64. The van der Waals surface area contributed by atoms with Crippen molar-refractivity contribution in [2.24, 2.45) is 0 Å². The highest BCUT2D eigenvalue weighted by Gasteiger charge is 2.07. The molecule has 2 aromatic carbocycles. The number of benzene rings is 2. The summed E-state index contributed by atoms with van der Waals surface area (Å²) in [6, 6.07) is 8.83. The van der Waals surface area contributed by atoms with Crippen molar-refractivity contribution in [3.63, 3.8) is 0 Å². The number of phenolic OH excluding ortho intramolecular Hbond substituents is 1. The van der Waals surface area contributed by atoms with E-state index < -0.39 is 0 Å². The highest BCUT2D eigenvalue weighted by atomic mass is 35.5. The van der Waals surface area contributed by atoms with Crippen molar-refractivity contribution >= 4 is 34.0 Å². The van der Waals surface area contributed by atoms with Gasteiger partial charge in [-0.2, -0.15) is 0 Å². The second-order valence-corrected chi connectivity index (χ2v) is 4.32. The van der Waals surface area contributed by atoms with Gasteiger partial charge in [-0.1, -0.05) is 17.7 Å². The number of fused-ring (bicyclic) bond motifs is 1. The lowest BCUT2D eigenvalue weighted by molar-refractivity contribution is -0.116. The van der Waals surface area contributed by atoms with Gasteiger partial charge in [-0.05, 0) is 35.0 Å². The summed E-state index contributed by atoms with van der Waals surface area (Å²) in [5.41, 5.74) is 0.798. The van der Waals surface area contributed by atoms with Crippen LogP contribution in [-0.4, -0.2) is 18.1 Å². The van der Waals surface area contributed by atoms with Gasteiger partial charge in [0.05, 0.1) is 5.02 Å². The van der Waals surface area contributed by atoms with E-state index in [2.05, 4.69) is 0 Å². The minimum Gasteiger partial charge on any atom is -0.506 e. The first-order valence-electron chi connectivity index (χ1n) is 5.15. The number of nitrogens with zero attached hydrogens (tertiary/aromatic N) is 1. The highest BCUT2D eigenvalue weighted by Crippen LogP contribution is 2.31. The molecule has 0 atom stereocenters. The van der Waals surface area contributed by atoms with Crippen LogP contribution in [0.4, 0.5) is 5.69 Å². The van der Waals surface area contributed by atoms with Crippen LogP contribution >= 0.6 is 11.6 Å². The summed E-state index contributed by atoms with van der Waals surface area (Å²) in [6.45, 7) is 1.51. The standard InChI is InChI=1S/C13H12ClNO2/c1-8(16)15(2)11-4-3-9-7-13(17)12(14)6-10(9)5-11/h3-7,17H,1-2H3. The van der Waals surface area contributed by atoms with Crippen LogP contribution in [0.3, 0.4) is 0 Å². The fourth-order valence-corrected chi connectivity index (χ4v) is 1.81. The molecule has 2 aromatic rings. The smallest absolute Gasteiger partial charge is 0.223 e. The summed E-state index contributed by atoms with van der Waals surface area (Å²) in [4.78, 5) is 12.8. The van der Waals surface area contributed by atoms with Crippen LogP contribution in [0.5, 0.6) is 5.75 Å². The maximum absolute atomic E-state index is 11.3. The molecule has 0 fully saturated rings. The molecule has 0 radical (unpaired) electrons. The van der Waals surface area contributed by atoms with Gasteiger partial charge in [-0.3, -0.25) is 4.79 Å². The second kappa shape index (κ2) is 4.26. The van der Waals surface area contributed by atoms with Gasteiger partial charge in [0, 0.05) is 19.7 Å². The number of carbonyl (C=O) groups is 1. The van der Waals surface area contributed by atoms with Crippen molar-refractivity contribution in [3.05, 3.63) is 35.4 Å².